The SMILES string of the molecule is CC(=O)NCC1(C)COC(c2nc(-c3ccc(F)cc3)c(-c3ccnc(OCCN(C)C)n3)[nH]2)OC1. The van der Waals surface area contributed by atoms with Gasteiger partial charge in [-0.2, -0.15) is 4.98 Å². The number of carbonyl (C=O) groups excluding carboxylic acids is 1. The minimum atomic E-state index is -0.735. The van der Waals surface area contributed by atoms with Crippen LogP contribution in [0.25, 0.3) is 22.6 Å². The van der Waals surface area contributed by atoms with Crippen LogP contribution in [0.1, 0.15) is 26.0 Å². The van der Waals surface area contributed by atoms with Crippen LogP contribution < -0.4 is 10.1 Å². The zero-order valence-electron chi connectivity index (χ0n) is 20.9. The predicted molar refractivity (Wildman–Crippen MR) is 130 cm³/mol. The van der Waals surface area contributed by atoms with Gasteiger partial charge in [-0.3, -0.25) is 4.79 Å². The van der Waals surface area contributed by atoms with Crippen molar-refractivity contribution in [2.75, 3.05) is 47.0 Å². The summed E-state index contributed by atoms with van der Waals surface area (Å²) in [6.07, 6.45) is 0.879. The molecule has 1 fully saturated rings. The number of carbonyl (C=O) groups is 1. The number of aromatic nitrogens is 4. The first-order valence-electron chi connectivity index (χ1n) is 11.7. The maximum atomic E-state index is 13.6. The number of halogens is 1. The van der Waals surface area contributed by atoms with Crippen LogP contribution in [-0.2, 0) is 14.3 Å². The van der Waals surface area contributed by atoms with Gasteiger partial charge in [-0.25, -0.2) is 14.4 Å². The number of likely N-dealkylation sites (N-methyl/N-ethyl adjacent to an activating group) is 1. The van der Waals surface area contributed by atoms with E-state index in [1.165, 1.54) is 19.1 Å². The summed E-state index contributed by atoms with van der Waals surface area (Å²) in [5, 5.41) is 2.82. The van der Waals surface area contributed by atoms with E-state index in [0.717, 1.165) is 6.54 Å². The highest BCUT2D eigenvalue weighted by atomic mass is 19.1. The van der Waals surface area contributed by atoms with Gasteiger partial charge in [-0.15, -0.1) is 0 Å². The van der Waals surface area contributed by atoms with E-state index in [9.17, 15) is 9.18 Å². The van der Waals surface area contributed by atoms with Gasteiger partial charge < -0.3 is 29.4 Å². The van der Waals surface area contributed by atoms with Crippen molar-refractivity contribution in [2.45, 2.75) is 20.1 Å². The van der Waals surface area contributed by atoms with Gasteiger partial charge in [0, 0.05) is 37.2 Å². The molecule has 0 spiro atoms. The first-order valence-corrected chi connectivity index (χ1v) is 11.7. The molecule has 1 amide bonds. The molecule has 2 aromatic heterocycles. The topological polar surface area (TPSA) is 114 Å². The van der Waals surface area contributed by atoms with Crippen molar-refractivity contribution < 1.29 is 23.4 Å². The number of hydrogen-bond acceptors (Lipinski definition) is 8. The Morgan fingerprint density at radius 1 is 1.22 bits per heavy atom. The molecule has 0 radical (unpaired) electrons. The molecule has 0 saturated carbocycles. The van der Waals surface area contributed by atoms with Crippen LogP contribution in [0.3, 0.4) is 0 Å². The third kappa shape index (κ3) is 6.42. The van der Waals surface area contributed by atoms with Crippen LogP contribution in [0.2, 0.25) is 0 Å². The maximum Gasteiger partial charge on any atom is 0.316 e. The molecule has 3 heterocycles. The van der Waals surface area contributed by atoms with Gasteiger partial charge in [0.2, 0.25) is 12.2 Å². The lowest BCUT2D eigenvalue weighted by atomic mass is 9.92. The smallest absolute Gasteiger partial charge is 0.316 e. The second-order valence-electron chi connectivity index (χ2n) is 9.40. The molecule has 1 saturated heterocycles. The minimum Gasteiger partial charge on any atom is -0.462 e. The van der Waals surface area contributed by atoms with Crippen molar-refractivity contribution in [3.05, 3.63) is 48.2 Å². The molecule has 0 aliphatic carbocycles. The van der Waals surface area contributed by atoms with E-state index in [4.69, 9.17) is 19.2 Å². The van der Waals surface area contributed by atoms with Gasteiger partial charge in [0.25, 0.3) is 0 Å². The Balaban J connectivity index is 1.60. The van der Waals surface area contributed by atoms with Crippen molar-refractivity contribution in [2.24, 2.45) is 5.41 Å². The number of nitrogens with one attached hydrogen (secondary N) is 2. The molecule has 2 N–H and O–H groups in total. The summed E-state index contributed by atoms with van der Waals surface area (Å²) in [6.45, 7) is 5.81. The van der Waals surface area contributed by atoms with Crippen LogP contribution in [0.15, 0.2) is 36.5 Å². The molecular weight excluding hydrogens is 467 g/mol. The van der Waals surface area contributed by atoms with Crippen molar-refractivity contribution >= 4 is 5.91 Å². The second kappa shape index (κ2) is 11.1. The van der Waals surface area contributed by atoms with Gasteiger partial charge in [0.05, 0.1) is 30.3 Å². The Hall–Kier alpha value is -3.41. The van der Waals surface area contributed by atoms with E-state index in [0.29, 0.717) is 54.8 Å². The minimum absolute atomic E-state index is 0.104. The van der Waals surface area contributed by atoms with E-state index in [1.807, 2.05) is 25.9 Å². The van der Waals surface area contributed by atoms with E-state index in [1.54, 1.807) is 24.4 Å². The molecule has 1 aliphatic heterocycles. The Morgan fingerprint density at radius 2 is 1.94 bits per heavy atom. The van der Waals surface area contributed by atoms with Crippen molar-refractivity contribution in [1.29, 1.82) is 0 Å². The van der Waals surface area contributed by atoms with Gasteiger partial charge in [-0.1, -0.05) is 6.92 Å². The lowest BCUT2D eigenvalue weighted by molar-refractivity contribution is -0.232. The molecular formula is C25H31FN6O4. The van der Waals surface area contributed by atoms with Crippen LogP contribution in [-0.4, -0.2) is 77.7 Å². The van der Waals surface area contributed by atoms with Crippen LogP contribution >= 0.6 is 0 Å². The fourth-order valence-corrected chi connectivity index (χ4v) is 3.62. The highest BCUT2D eigenvalue weighted by molar-refractivity contribution is 5.76. The number of nitrogens with zero attached hydrogens (tertiary/aromatic N) is 4. The van der Waals surface area contributed by atoms with Crippen molar-refractivity contribution in [3.8, 4) is 28.7 Å². The van der Waals surface area contributed by atoms with Gasteiger partial charge >= 0.3 is 6.01 Å². The molecule has 1 aromatic carbocycles. The molecule has 36 heavy (non-hydrogen) atoms. The highest BCUT2D eigenvalue weighted by Crippen LogP contribution is 2.35. The highest BCUT2D eigenvalue weighted by Gasteiger charge is 2.35. The Kier molecular flexibility index (Phi) is 7.92. The Morgan fingerprint density at radius 3 is 2.61 bits per heavy atom. The quantitative estimate of drug-likeness (QED) is 0.463. The molecule has 0 bridgehead atoms. The summed E-state index contributed by atoms with van der Waals surface area (Å²) in [4.78, 5) is 30.1. The molecule has 192 valence electrons. The Bertz CT molecular complexity index is 1180. The average Bonchev–Trinajstić information content (AvgIpc) is 3.29. The van der Waals surface area contributed by atoms with Crippen LogP contribution in [0.5, 0.6) is 6.01 Å². The molecule has 1 aliphatic rings. The fourth-order valence-electron chi connectivity index (χ4n) is 3.62. The Labute approximate surface area is 209 Å². The summed E-state index contributed by atoms with van der Waals surface area (Å²) in [6, 6.07) is 8.06. The first-order chi connectivity index (χ1) is 17.2. The number of rotatable bonds is 9. The third-order valence-electron chi connectivity index (χ3n) is 5.65. The van der Waals surface area contributed by atoms with Crippen LogP contribution in [0.4, 0.5) is 4.39 Å². The van der Waals surface area contributed by atoms with Gasteiger partial charge in [0.1, 0.15) is 12.4 Å². The normalized spacial score (nSPS) is 19.9. The van der Waals surface area contributed by atoms with Crippen LogP contribution in [0, 0.1) is 11.2 Å². The van der Waals surface area contributed by atoms with Gasteiger partial charge in [0.15, 0.2) is 5.82 Å². The first kappa shape index (κ1) is 25.7. The summed E-state index contributed by atoms with van der Waals surface area (Å²) >= 11 is 0. The number of amides is 1. The zero-order valence-corrected chi connectivity index (χ0v) is 20.9. The lowest BCUT2D eigenvalue weighted by Gasteiger charge is -2.36. The van der Waals surface area contributed by atoms with Gasteiger partial charge in [-0.05, 0) is 44.4 Å². The summed E-state index contributed by atoms with van der Waals surface area (Å²) in [7, 11) is 3.92. The number of ether oxygens (including phenoxy) is 3. The van der Waals surface area contributed by atoms with Crippen molar-refractivity contribution in [3.63, 3.8) is 0 Å². The molecule has 0 atom stereocenters. The number of imidazole rings is 1. The predicted octanol–water partition coefficient (Wildman–Crippen LogP) is 2.80. The molecule has 0 unspecified atom stereocenters. The van der Waals surface area contributed by atoms with Crippen molar-refractivity contribution in [1.82, 2.24) is 30.2 Å². The number of hydrogen-bond donors (Lipinski definition) is 2. The standard InChI is InChI=1S/C25H31FN6O4/c1-16(33)28-13-25(2)14-35-23(36-15-25)22-30-20(17-5-7-18(26)8-6-17)21(31-22)19-9-10-27-24(29-19)34-12-11-32(3)4/h5-10,23H,11-15H2,1-4H3,(H,28,33)(H,30,31). The number of aromatic amines is 1. The summed E-state index contributed by atoms with van der Waals surface area (Å²) in [5.74, 6) is 0.0135. The molecule has 11 heteroatoms. The summed E-state index contributed by atoms with van der Waals surface area (Å²) in [5.41, 5.74) is 2.09. The third-order valence-corrected chi connectivity index (χ3v) is 5.65. The zero-order chi connectivity index (χ0) is 25.7. The largest absolute Gasteiger partial charge is 0.462 e. The average molecular weight is 499 g/mol. The van der Waals surface area contributed by atoms with E-state index >= 15 is 0 Å². The van der Waals surface area contributed by atoms with E-state index in [2.05, 4.69) is 20.3 Å². The number of H-pyrrole nitrogens is 1. The molecule has 10 nitrogen and oxygen atoms in total. The molecule has 4 rings (SSSR count). The molecule has 3 aromatic rings. The lowest BCUT2D eigenvalue weighted by Crippen LogP contribution is -2.45. The summed E-state index contributed by atoms with van der Waals surface area (Å²) < 4.78 is 31.3. The number of benzene rings is 1. The maximum absolute atomic E-state index is 13.6. The second-order valence-corrected chi connectivity index (χ2v) is 9.40. The van der Waals surface area contributed by atoms with E-state index < -0.39 is 6.29 Å². The van der Waals surface area contributed by atoms with E-state index in [-0.39, 0.29) is 23.1 Å². The fraction of sp³-hybridized carbons (Fsp3) is 0.440. The monoisotopic (exact) mass is 498 g/mol.